The number of phenolic OH excluding ortho intramolecular Hbond substituents is 1. The zero-order valence-corrected chi connectivity index (χ0v) is 17.1. The molecule has 29 heavy (non-hydrogen) atoms. The van der Waals surface area contributed by atoms with Crippen molar-refractivity contribution in [2.75, 3.05) is 6.54 Å². The van der Waals surface area contributed by atoms with E-state index in [2.05, 4.69) is 47.1 Å². The molecule has 2 aromatic carbocycles. The lowest BCUT2D eigenvalue weighted by atomic mass is 9.95. The van der Waals surface area contributed by atoms with Gasteiger partial charge < -0.3 is 21.1 Å². The van der Waals surface area contributed by atoms with Gasteiger partial charge in [-0.15, -0.1) is 0 Å². The Hall–Kier alpha value is -2.53. The number of hydrogen-bond donors (Lipinski definition) is 4. The number of fused-ring (bicyclic) bond motifs is 2. The summed E-state index contributed by atoms with van der Waals surface area (Å²) in [4.78, 5) is 12.5. The molecule has 0 radical (unpaired) electrons. The highest BCUT2D eigenvalue weighted by Crippen LogP contribution is 2.29. The highest BCUT2D eigenvalue weighted by Gasteiger charge is 2.25. The molecule has 0 saturated heterocycles. The molecule has 5 nitrogen and oxygen atoms in total. The normalized spacial score (nSPS) is 19.3. The minimum atomic E-state index is -0.0781. The topological polar surface area (TPSA) is 73.4 Å². The van der Waals surface area contributed by atoms with E-state index in [1.807, 2.05) is 12.1 Å². The molecule has 1 unspecified atom stereocenters. The van der Waals surface area contributed by atoms with E-state index in [1.165, 1.54) is 16.7 Å². The predicted molar refractivity (Wildman–Crippen MR) is 115 cm³/mol. The maximum Gasteiger partial charge on any atom is 0.315 e. The lowest BCUT2D eigenvalue weighted by molar-refractivity contribution is 0.232. The Morgan fingerprint density at radius 2 is 1.83 bits per heavy atom. The molecule has 2 aliphatic rings. The number of benzene rings is 2. The van der Waals surface area contributed by atoms with Crippen LogP contribution in [0.3, 0.4) is 0 Å². The van der Waals surface area contributed by atoms with Gasteiger partial charge in [0.1, 0.15) is 5.75 Å². The van der Waals surface area contributed by atoms with Crippen LogP contribution in [0.25, 0.3) is 0 Å². The standard InChI is InChI=1S/C24H31N3O2/c1-2-21(11-16-9-17-5-3-4-6-18(17)10-16)27-24(29)26-15-22-12-19-7-8-23(28)13-20(19)14-25-22/h3-8,13,16,21-22,25,28H,2,9-12,14-15H2,1H3,(H2,26,27,29)/t21?,22-/m0/s1. The number of carbonyl (C=O) groups excluding carboxylic acids is 1. The summed E-state index contributed by atoms with van der Waals surface area (Å²) in [5.74, 6) is 0.919. The molecule has 1 aliphatic carbocycles. The molecular weight excluding hydrogens is 362 g/mol. The van der Waals surface area contributed by atoms with Gasteiger partial charge in [0.2, 0.25) is 0 Å². The number of nitrogens with one attached hydrogen (secondary N) is 3. The molecule has 0 fully saturated rings. The molecule has 1 heterocycles. The quantitative estimate of drug-likeness (QED) is 0.609. The average Bonchev–Trinajstić information content (AvgIpc) is 3.14. The summed E-state index contributed by atoms with van der Waals surface area (Å²) in [6.07, 6.45) is 5.07. The first-order valence-corrected chi connectivity index (χ1v) is 10.8. The Balaban J connectivity index is 1.22. The van der Waals surface area contributed by atoms with Crippen molar-refractivity contribution in [3.8, 4) is 5.75 Å². The van der Waals surface area contributed by atoms with Crippen molar-refractivity contribution in [3.05, 3.63) is 64.7 Å². The fourth-order valence-corrected chi connectivity index (χ4v) is 4.71. The van der Waals surface area contributed by atoms with Crippen molar-refractivity contribution in [2.45, 2.75) is 57.7 Å². The summed E-state index contributed by atoms with van der Waals surface area (Å²) >= 11 is 0. The molecule has 0 bridgehead atoms. The molecule has 4 rings (SSSR count). The molecule has 0 spiro atoms. The van der Waals surface area contributed by atoms with Crippen LogP contribution in [0.2, 0.25) is 0 Å². The molecule has 2 aromatic rings. The van der Waals surface area contributed by atoms with Crippen molar-refractivity contribution >= 4 is 6.03 Å². The van der Waals surface area contributed by atoms with Crippen molar-refractivity contribution in [3.63, 3.8) is 0 Å². The van der Waals surface area contributed by atoms with E-state index in [0.29, 0.717) is 18.2 Å². The van der Waals surface area contributed by atoms with Crippen LogP contribution in [-0.4, -0.2) is 29.8 Å². The maximum absolute atomic E-state index is 12.5. The first kappa shape index (κ1) is 19.8. The van der Waals surface area contributed by atoms with E-state index < -0.39 is 0 Å². The molecule has 2 atom stereocenters. The summed E-state index contributed by atoms with van der Waals surface area (Å²) in [5, 5.41) is 19.3. The van der Waals surface area contributed by atoms with E-state index in [1.54, 1.807) is 6.07 Å². The fourth-order valence-electron chi connectivity index (χ4n) is 4.71. The summed E-state index contributed by atoms with van der Waals surface area (Å²) < 4.78 is 0. The number of aromatic hydroxyl groups is 1. The zero-order valence-electron chi connectivity index (χ0n) is 17.1. The molecule has 4 N–H and O–H groups in total. The van der Waals surface area contributed by atoms with Gasteiger partial charge in [-0.2, -0.15) is 0 Å². The van der Waals surface area contributed by atoms with Crippen LogP contribution in [0.4, 0.5) is 4.79 Å². The second-order valence-corrected chi connectivity index (χ2v) is 8.47. The Bertz CT molecular complexity index is 842. The van der Waals surface area contributed by atoms with Gasteiger partial charge in [0.15, 0.2) is 0 Å². The van der Waals surface area contributed by atoms with E-state index >= 15 is 0 Å². The van der Waals surface area contributed by atoms with Gasteiger partial charge in [-0.05, 0) is 72.4 Å². The molecule has 2 amide bonds. The first-order valence-electron chi connectivity index (χ1n) is 10.8. The number of rotatable bonds is 6. The Morgan fingerprint density at radius 1 is 1.10 bits per heavy atom. The van der Waals surface area contributed by atoms with Crippen LogP contribution in [0.5, 0.6) is 5.75 Å². The number of amides is 2. The largest absolute Gasteiger partial charge is 0.508 e. The number of urea groups is 1. The van der Waals surface area contributed by atoms with Crippen LogP contribution >= 0.6 is 0 Å². The van der Waals surface area contributed by atoms with Crippen molar-refractivity contribution in [1.82, 2.24) is 16.0 Å². The average molecular weight is 394 g/mol. The van der Waals surface area contributed by atoms with E-state index in [4.69, 9.17) is 0 Å². The molecular formula is C24H31N3O2. The Labute approximate surface area is 172 Å². The van der Waals surface area contributed by atoms with E-state index in [0.717, 1.165) is 44.2 Å². The van der Waals surface area contributed by atoms with Gasteiger partial charge in [-0.1, -0.05) is 37.3 Å². The highest BCUT2D eigenvalue weighted by atomic mass is 16.3. The lowest BCUT2D eigenvalue weighted by Crippen LogP contribution is -2.49. The second-order valence-electron chi connectivity index (χ2n) is 8.47. The molecule has 0 aromatic heterocycles. The lowest BCUT2D eigenvalue weighted by Gasteiger charge is -2.27. The summed E-state index contributed by atoms with van der Waals surface area (Å²) in [6.45, 7) is 3.46. The third-order valence-corrected chi connectivity index (χ3v) is 6.33. The SMILES string of the molecule is CCC(CC1Cc2ccccc2C1)NC(=O)NC[C@@H]1Cc2ccc(O)cc2CN1. The fraction of sp³-hybridized carbons (Fsp3) is 0.458. The van der Waals surface area contributed by atoms with Gasteiger partial charge in [0.05, 0.1) is 0 Å². The summed E-state index contributed by atoms with van der Waals surface area (Å²) in [7, 11) is 0. The summed E-state index contributed by atoms with van der Waals surface area (Å²) in [5.41, 5.74) is 5.30. The van der Waals surface area contributed by atoms with Crippen molar-refractivity contribution < 1.29 is 9.90 Å². The van der Waals surface area contributed by atoms with Gasteiger partial charge in [-0.25, -0.2) is 4.79 Å². The van der Waals surface area contributed by atoms with Gasteiger partial charge in [0, 0.05) is 25.2 Å². The number of hydrogen-bond acceptors (Lipinski definition) is 3. The third-order valence-electron chi connectivity index (χ3n) is 6.33. The van der Waals surface area contributed by atoms with Crippen LogP contribution in [0.1, 0.15) is 42.0 Å². The Kier molecular flexibility index (Phi) is 6.05. The smallest absolute Gasteiger partial charge is 0.315 e. The molecule has 1 aliphatic heterocycles. The second kappa shape index (κ2) is 8.87. The van der Waals surface area contributed by atoms with Gasteiger partial charge in [-0.3, -0.25) is 0 Å². The Morgan fingerprint density at radius 3 is 2.55 bits per heavy atom. The van der Waals surface area contributed by atoms with Crippen LogP contribution in [0, 0.1) is 5.92 Å². The third kappa shape index (κ3) is 4.91. The van der Waals surface area contributed by atoms with Crippen LogP contribution < -0.4 is 16.0 Å². The van der Waals surface area contributed by atoms with E-state index in [9.17, 15) is 9.90 Å². The maximum atomic E-state index is 12.5. The molecule has 154 valence electrons. The van der Waals surface area contributed by atoms with Crippen molar-refractivity contribution in [1.29, 1.82) is 0 Å². The minimum Gasteiger partial charge on any atom is -0.508 e. The number of carbonyl (C=O) groups is 1. The number of phenols is 1. The summed E-state index contributed by atoms with van der Waals surface area (Å²) in [6, 6.07) is 14.5. The van der Waals surface area contributed by atoms with Crippen LogP contribution in [0.15, 0.2) is 42.5 Å². The first-order chi connectivity index (χ1) is 14.1. The minimum absolute atomic E-state index is 0.0781. The van der Waals surface area contributed by atoms with Crippen molar-refractivity contribution in [2.24, 2.45) is 5.92 Å². The van der Waals surface area contributed by atoms with Gasteiger partial charge in [0.25, 0.3) is 0 Å². The van der Waals surface area contributed by atoms with Gasteiger partial charge >= 0.3 is 6.03 Å². The highest BCUT2D eigenvalue weighted by molar-refractivity contribution is 5.74. The monoisotopic (exact) mass is 393 g/mol. The zero-order chi connectivity index (χ0) is 20.2. The van der Waals surface area contributed by atoms with Crippen LogP contribution in [-0.2, 0) is 25.8 Å². The van der Waals surface area contributed by atoms with E-state index in [-0.39, 0.29) is 18.1 Å². The predicted octanol–water partition coefficient (Wildman–Crippen LogP) is 3.29. The molecule has 0 saturated carbocycles. The molecule has 5 heteroatoms.